The Morgan fingerprint density at radius 2 is 2.13 bits per heavy atom. The lowest BCUT2D eigenvalue weighted by Crippen LogP contribution is -2.22. The Morgan fingerprint density at radius 1 is 1.35 bits per heavy atom. The Hall–Kier alpha value is -2.32. The summed E-state index contributed by atoms with van der Waals surface area (Å²) in [6.45, 7) is 1.30. The Kier molecular flexibility index (Phi) is 6.64. The average molecular weight is 319 g/mol. The van der Waals surface area contributed by atoms with Crippen molar-refractivity contribution in [1.82, 2.24) is 20.2 Å². The summed E-state index contributed by atoms with van der Waals surface area (Å²) in [5.74, 6) is 0.290. The second kappa shape index (κ2) is 8.96. The van der Waals surface area contributed by atoms with Gasteiger partial charge in [0.05, 0.1) is 26.4 Å². The fourth-order valence-corrected chi connectivity index (χ4v) is 2.06. The van der Waals surface area contributed by atoms with E-state index in [9.17, 15) is 4.79 Å². The summed E-state index contributed by atoms with van der Waals surface area (Å²) in [4.78, 5) is 11.1. The molecule has 0 aliphatic carbocycles. The summed E-state index contributed by atoms with van der Waals surface area (Å²) in [5, 5.41) is 11.5. The summed E-state index contributed by atoms with van der Waals surface area (Å²) in [5.41, 5.74) is 7.16. The first-order valence-electron chi connectivity index (χ1n) is 7.41. The van der Waals surface area contributed by atoms with Crippen LogP contribution in [0.4, 0.5) is 0 Å². The molecule has 0 amide bonds. The van der Waals surface area contributed by atoms with Gasteiger partial charge in [-0.2, -0.15) is 0 Å². The molecule has 0 bridgehead atoms. The van der Waals surface area contributed by atoms with Crippen LogP contribution >= 0.6 is 0 Å². The Balaban J connectivity index is 1.79. The summed E-state index contributed by atoms with van der Waals surface area (Å²) in [6, 6.07) is 9.43. The number of carbonyl (C=O) groups is 1. The van der Waals surface area contributed by atoms with Crippen LogP contribution in [0.3, 0.4) is 0 Å². The molecule has 2 N–H and O–H groups in total. The van der Waals surface area contributed by atoms with Gasteiger partial charge >= 0.3 is 5.97 Å². The predicted molar refractivity (Wildman–Crippen MR) is 82.1 cm³/mol. The zero-order valence-electron chi connectivity index (χ0n) is 13.1. The third-order valence-corrected chi connectivity index (χ3v) is 3.28. The normalized spacial score (nSPS) is 12.1. The molecule has 0 unspecified atom stereocenters. The van der Waals surface area contributed by atoms with E-state index in [-0.39, 0.29) is 5.97 Å². The minimum atomic E-state index is -0.424. The van der Waals surface area contributed by atoms with Gasteiger partial charge in [-0.3, -0.25) is 4.79 Å². The van der Waals surface area contributed by atoms with Crippen LogP contribution in [0.15, 0.2) is 30.3 Å². The Labute approximate surface area is 134 Å². The molecular formula is C15H21N5O3. The van der Waals surface area contributed by atoms with Crippen LogP contribution in [-0.4, -0.2) is 39.9 Å². The van der Waals surface area contributed by atoms with Crippen LogP contribution in [0.5, 0.6) is 0 Å². The molecule has 0 saturated carbocycles. The van der Waals surface area contributed by atoms with Gasteiger partial charge in [0, 0.05) is 13.0 Å². The van der Waals surface area contributed by atoms with E-state index < -0.39 is 6.04 Å². The molecular weight excluding hydrogens is 298 g/mol. The molecule has 2 aromatic rings. The maximum absolute atomic E-state index is 11.1. The van der Waals surface area contributed by atoms with Crippen molar-refractivity contribution >= 4 is 5.97 Å². The van der Waals surface area contributed by atoms with Gasteiger partial charge in [0.15, 0.2) is 5.82 Å². The molecule has 0 aliphatic heterocycles. The van der Waals surface area contributed by atoms with Crippen molar-refractivity contribution in [3.05, 3.63) is 41.7 Å². The highest BCUT2D eigenvalue weighted by Gasteiger charge is 2.15. The van der Waals surface area contributed by atoms with Crippen LogP contribution in [0.2, 0.25) is 0 Å². The standard InChI is InChI=1S/C15H21N5O3/c1-22-14(21)8-5-9-20-15(17-18-19-20)13(16)11-23-10-12-6-3-2-4-7-12/h2-4,6-7,13H,5,8-11,16H2,1H3/t13-/m1/s1. The van der Waals surface area contributed by atoms with E-state index in [2.05, 4.69) is 20.3 Å². The minimum absolute atomic E-state index is 0.255. The zero-order valence-corrected chi connectivity index (χ0v) is 13.1. The summed E-state index contributed by atoms with van der Waals surface area (Å²) < 4.78 is 11.8. The molecule has 23 heavy (non-hydrogen) atoms. The van der Waals surface area contributed by atoms with Crippen molar-refractivity contribution in [2.75, 3.05) is 13.7 Å². The van der Waals surface area contributed by atoms with Crippen LogP contribution in [0.25, 0.3) is 0 Å². The molecule has 1 heterocycles. The number of nitrogens with zero attached hydrogens (tertiary/aromatic N) is 4. The predicted octanol–water partition coefficient (Wildman–Crippen LogP) is 0.843. The van der Waals surface area contributed by atoms with Gasteiger partial charge in [-0.05, 0) is 22.4 Å². The van der Waals surface area contributed by atoms with E-state index in [1.54, 1.807) is 4.68 Å². The fraction of sp³-hybridized carbons (Fsp3) is 0.467. The number of benzene rings is 1. The van der Waals surface area contributed by atoms with Crippen molar-refractivity contribution in [2.24, 2.45) is 5.73 Å². The van der Waals surface area contributed by atoms with Gasteiger partial charge in [-0.15, -0.1) is 5.10 Å². The number of ether oxygens (including phenoxy) is 2. The molecule has 1 aromatic heterocycles. The number of aromatic nitrogens is 4. The molecule has 8 heteroatoms. The number of rotatable bonds is 9. The van der Waals surface area contributed by atoms with Crippen molar-refractivity contribution < 1.29 is 14.3 Å². The molecule has 2 rings (SSSR count). The van der Waals surface area contributed by atoms with Gasteiger partial charge in [-0.1, -0.05) is 30.3 Å². The maximum Gasteiger partial charge on any atom is 0.305 e. The van der Waals surface area contributed by atoms with Gasteiger partial charge in [0.25, 0.3) is 0 Å². The van der Waals surface area contributed by atoms with E-state index in [0.29, 0.717) is 38.4 Å². The lowest BCUT2D eigenvalue weighted by atomic mass is 10.2. The second-order valence-corrected chi connectivity index (χ2v) is 5.05. The first kappa shape index (κ1) is 17.0. The molecule has 1 atom stereocenters. The quantitative estimate of drug-likeness (QED) is 0.683. The molecule has 1 aromatic carbocycles. The Morgan fingerprint density at radius 3 is 2.87 bits per heavy atom. The number of tetrazole rings is 1. The number of esters is 1. The van der Waals surface area contributed by atoms with E-state index >= 15 is 0 Å². The highest BCUT2D eigenvalue weighted by molar-refractivity contribution is 5.68. The lowest BCUT2D eigenvalue weighted by molar-refractivity contribution is -0.140. The third-order valence-electron chi connectivity index (χ3n) is 3.28. The first-order chi connectivity index (χ1) is 11.2. The molecule has 0 fully saturated rings. The van der Waals surface area contributed by atoms with Crippen molar-refractivity contribution in [3.63, 3.8) is 0 Å². The highest BCUT2D eigenvalue weighted by Crippen LogP contribution is 2.09. The van der Waals surface area contributed by atoms with Crippen molar-refractivity contribution in [3.8, 4) is 0 Å². The topological polar surface area (TPSA) is 105 Å². The van der Waals surface area contributed by atoms with Gasteiger partial charge in [0.2, 0.25) is 0 Å². The largest absolute Gasteiger partial charge is 0.469 e. The molecule has 0 spiro atoms. The minimum Gasteiger partial charge on any atom is -0.469 e. The van der Waals surface area contributed by atoms with E-state index in [1.807, 2.05) is 30.3 Å². The van der Waals surface area contributed by atoms with Gasteiger partial charge < -0.3 is 15.2 Å². The summed E-state index contributed by atoms with van der Waals surface area (Å²) in [6.07, 6.45) is 0.901. The van der Waals surface area contributed by atoms with Crippen molar-refractivity contribution in [1.29, 1.82) is 0 Å². The number of nitrogens with two attached hydrogens (primary N) is 1. The monoisotopic (exact) mass is 319 g/mol. The van der Waals surface area contributed by atoms with Crippen LogP contribution < -0.4 is 5.73 Å². The smallest absolute Gasteiger partial charge is 0.305 e. The molecule has 124 valence electrons. The Bertz CT molecular complexity index is 602. The molecule has 0 radical (unpaired) electrons. The van der Waals surface area contributed by atoms with E-state index in [4.69, 9.17) is 10.5 Å². The molecule has 0 saturated heterocycles. The first-order valence-corrected chi connectivity index (χ1v) is 7.41. The number of hydrogen-bond donors (Lipinski definition) is 1. The summed E-state index contributed by atoms with van der Waals surface area (Å²) >= 11 is 0. The van der Waals surface area contributed by atoms with Crippen molar-refractivity contribution in [2.45, 2.75) is 32.0 Å². The summed E-state index contributed by atoms with van der Waals surface area (Å²) in [7, 11) is 1.37. The number of aryl methyl sites for hydroxylation is 1. The number of methoxy groups -OCH3 is 1. The number of carbonyl (C=O) groups excluding carboxylic acids is 1. The van der Waals surface area contributed by atoms with E-state index in [0.717, 1.165) is 5.56 Å². The van der Waals surface area contributed by atoms with Crippen LogP contribution in [0, 0.1) is 0 Å². The van der Waals surface area contributed by atoms with E-state index in [1.165, 1.54) is 7.11 Å². The molecule has 0 aliphatic rings. The molecule has 8 nitrogen and oxygen atoms in total. The lowest BCUT2D eigenvalue weighted by Gasteiger charge is -2.12. The maximum atomic E-state index is 11.1. The SMILES string of the molecule is COC(=O)CCCn1nnnc1[C@H](N)COCc1ccccc1. The third kappa shape index (κ3) is 5.42. The highest BCUT2D eigenvalue weighted by atomic mass is 16.5. The van der Waals surface area contributed by atoms with Gasteiger partial charge in [0.1, 0.15) is 0 Å². The van der Waals surface area contributed by atoms with Crippen LogP contribution in [0.1, 0.15) is 30.3 Å². The fourth-order valence-electron chi connectivity index (χ4n) is 2.06. The number of hydrogen-bond acceptors (Lipinski definition) is 7. The van der Waals surface area contributed by atoms with Gasteiger partial charge in [-0.25, -0.2) is 4.68 Å². The second-order valence-electron chi connectivity index (χ2n) is 5.05. The zero-order chi connectivity index (χ0) is 16.5. The van der Waals surface area contributed by atoms with Crippen LogP contribution in [-0.2, 0) is 27.4 Å². The average Bonchev–Trinajstić information content (AvgIpc) is 3.04.